The second-order valence-electron chi connectivity index (χ2n) is 5.14. The zero-order chi connectivity index (χ0) is 16.7. The Balaban J connectivity index is 2.09. The lowest BCUT2D eigenvalue weighted by molar-refractivity contribution is -0.132. The highest BCUT2D eigenvalue weighted by molar-refractivity contribution is 5.70. The van der Waals surface area contributed by atoms with Gasteiger partial charge >= 0.3 is 5.97 Å². The number of ether oxygens (including phenoxy) is 3. The van der Waals surface area contributed by atoms with Crippen molar-refractivity contribution in [3.63, 3.8) is 0 Å². The molecular formula is C18H20O5. The third-order valence-corrected chi connectivity index (χ3v) is 2.90. The summed E-state index contributed by atoms with van der Waals surface area (Å²) < 4.78 is 16.3. The molecule has 2 aromatic carbocycles. The van der Waals surface area contributed by atoms with Gasteiger partial charge in [-0.3, -0.25) is 4.79 Å². The van der Waals surface area contributed by atoms with Crippen LogP contribution in [0.25, 0.3) is 0 Å². The number of aliphatic hydroxyl groups excluding tert-OH is 1. The third kappa shape index (κ3) is 5.64. The molecule has 0 saturated heterocycles. The summed E-state index contributed by atoms with van der Waals surface area (Å²) in [6.07, 6.45) is -0.616. The number of esters is 1. The summed E-state index contributed by atoms with van der Waals surface area (Å²) in [5.74, 6) is 0.762. The van der Waals surface area contributed by atoms with Gasteiger partial charge in [0.1, 0.15) is 19.0 Å². The fraction of sp³-hybridized carbons (Fsp3) is 0.278. The first-order valence-electron chi connectivity index (χ1n) is 7.34. The number of hydrogen-bond donors (Lipinski definition) is 1. The van der Waals surface area contributed by atoms with Crippen LogP contribution in [0.3, 0.4) is 0 Å². The Morgan fingerprint density at radius 1 is 1.09 bits per heavy atom. The molecule has 0 fully saturated rings. The maximum absolute atomic E-state index is 11.2. The normalized spacial score (nSPS) is 11.6. The second kappa shape index (κ2) is 8.19. The Bertz CT molecular complexity index is 637. The molecule has 0 unspecified atom stereocenters. The minimum Gasteiger partial charge on any atom is -0.489 e. The van der Waals surface area contributed by atoms with Crippen molar-refractivity contribution in [1.29, 1.82) is 0 Å². The van der Waals surface area contributed by atoms with Crippen LogP contribution in [-0.4, -0.2) is 23.8 Å². The summed E-state index contributed by atoms with van der Waals surface area (Å²) in [5.41, 5.74) is 1.04. The van der Waals surface area contributed by atoms with E-state index in [9.17, 15) is 9.90 Å². The standard InChI is InChI=1S/C18H20O5/c1-13(19)11-22-17-9-8-16(10-18(17)23-14(2)20)21-12-15-6-4-3-5-7-15/h3-10,13,19H,11-12H2,1-2H3/t13-/m1/s1. The van der Waals surface area contributed by atoms with Crippen molar-refractivity contribution < 1.29 is 24.1 Å². The Morgan fingerprint density at radius 3 is 2.48 bits per heavy atom. The molecule has 5 nitrogen and oxygen atoms in total. The van der Waals surface area contributed by atoms with Gasteiger partial charge < -0.3 is 19.3 Å². The fourth-order valence-electron chi connectivity index (χ4n) is 1.88. The maximum Gasteiger partial charge on any atom is 0.308 e. The van der Waals surface area contributed by atoms with E-state index in [4.69, 9.17) is 14.2 Å². The van der Waals surface area contributed by atoms with E-state index >= 15 is 0 Å². The first-order valence-corrected chi connectivity index (χ1v) is 7.34. The summed E-state index contributed by atoms with van der Waals surface area (Å²) in [4.78, 5) is 11.2. The molecule has 0 radical (unpaired) electrons. The summed E-state index contributed by atoms with van der Waals surface area (Å²) in [5, 5.41) is 9.29. The fourth-order valence-corrected chi connectivity index (χ4v) is 1.88. The topological polar surface area (TPSA) is 65.0 Å². The van der Waals surface area contributed by atoms with Crippen LogP contribution in [0.15, 0.2) is 48.5 Å². The zero-order valence-corrected chi connectivity index (χ0v) is 13.2. The van der Waals surface area contributed by atoms with Gasteiger partial charge in [0, 0.05) is 13.0 Å². The molecule has 0 aliphatic heterocycles. The van der Waals surface area contributed by atoms with E-state index < -0.39 is 12.1 Å². The average Bonchev–Trinajstić information content (AvgIpc) is 2.52. The van der Waals surface area contributed by atoms with Gasteiger partial charge in [-0.25, -0.2) is 0 Å². The van der Waals surface area contributed by atoms with Gasteiger partial charge in [-0.15, -0.1) is 0 Å². The molecule has 0 amide bonds. The predicted octanol–water partition coefficient (Wildman–Crippen LogP) is 2.95. The summed E-state index contributed by atoms with van der Waals surface area (Å²) >= 11 is 0. The van der Waals surface area contributed by atoms with Crippen molar-refractivity contribution in [2.75, 3.05) is 6.61 Å². The van der Waals surface area contributed by atoms with Gasteiger partial charge in [0.2, 0.25) is 0 Å². The smallest absolute Gasteiger partial charge is 0.308 e. The highest BCUT2D eigenvalue weighted by atomic mass is 16.6. The summed E-state index contributed by atoms with van der Waals surface area (Å²) in [6.45, 7) is 3.45. The number of rotatable bonds is 7. The molecule has 0 heterocycles. The van der Waals surface area contributed by atoms with Crippen LogP contribution < -0.4 is 14.2 Å². The molecule has 0 aliphatic rings. The predicted molar refractivity (Wildman–Crippen MR) is 85.7 cm³/mol. The first kappa shape index (κ1) is 16.8. The molecule has 2 aromatic rings. The Morgan fingerprint density at radius 2 is 1.83 bits per heavy atom. The highest BCUT2D eigenvalue weighted by Crippen LogP contribution is 2.32. The molecule has 23 heavy (non-hydrogen) atoms. The van der Waals surface area contributed by atoms with Crippen molar-refractivity contribution >= 4 is 5.97 Å². The van der Waals surface area contributed by atoms with Gasteiger partial charge in [0.05, 0.1) is 6.10 Å². The van der Waals surface area contributed by atoms with Gasteiger partial charge in [-0.05, 0) is 24.6 Å². The van der Waals surface area contributed by atoms with Crippen LogP contribution in [0.5, 0.6) is 17.2 Å². The van der Waals surface area contributed by atoms with E-state index in [1.165, 1.54) is 6.92 Å². The molecule has 0 aliphatic carbocycles. The van der Waals surface area contributed by atoms with E-state index in [0.717, 1.165) is 5.56 Å². The maximum atomic E-state index is 11.2. The lowest BCUT2D eigenvalue weighted by Gasteiger charge is -2.14. The van der Waals surface area contributed by atoms with Crippen LogP contribution in [0, 0.1) is 0 Å². The van der Waals surface area contributed by atoms with Gasteiger partial charge in [0.25, 0.3) is 0 Å². The zero-order valence-electron chi connectivity index (χ0n) is 13.2. The van der Waals surface area contributed by atoms with Crippen molar-refractivity contribution in [1.82, 2.24) is 0 Å². The highest BCUT2D eigenvalue weighted by Gasteiger charge is 2.11. The number of carbonyl (C=O) groups is 1. The van der Waals surface area contributed by atoms with Crippen LogP contribution >= 0.6 is 0 Å². The van der Waals surface area contributed by atoms with E-state index in [0.29, 0.717) is 18.1 Å². The average molecular weight is 316 g/mol. The molecule has 1 N–H and O–H groups in total. The number of hydrogen-bond acceptors (Lipinski definition) is 5. The van der Waals surface area contributed by atoms with E-state index in [-0.39, 0.29) is 12.4 Å². The van der Waals surface area contributed by atoms with Gasteiger partial charge in [-0.1, -0.05) is 30.3 Å². The van der Waals surface area contributed by atoms with E-state index in [2.05, 4.69) is 0 Å². The minimum absolute atomic E-state index is 0.110. The van der Waals surface area contributed by atoms with E-state index in [1.807, 2.05) is 30.3 Å². The van der Waals surface area contributed by atoms with Crippen molar-refractivity contribution in [3.05, 3.63) is 54.1 Å². The first-order chi connectivity index (χ1) is 11.0. The molecular weight excluding hydrogens is 296 g/mol. The quantitative estimate of drug-likeness (QED) is 0.628. The van der Waals surface area contributed by atoms with Crippen LogP contribution in [0.1, 0.15) is 19.4 Å². The Labute approximate surface area is 135 Å². The SMILES string of the molecule is CC(=O)Oc1cc(OCc2ccccc2)ccc1OC[C@@H](C)O. The number of aliphatic hydroxyl groups is 1. The molecule has 0 bridgehead atoms. The number of carbonyl (C=O) groups excluding carboxylic acids is 1. The van der Waals surface area contributed by atoms with Crippen molar-refractivity contribution in [2.45, 2.75) is 26.6 Å². The van der Waals surface area contributed by atoms with E-state index in [1.54, 1.807) is 25.1 Å². The molecule has 5 heteroatoms. The molecule has 0 saturated carbocycles. The minimum atomic E-state index is -0.616. The summed E-state index contributed by atoms with van der Waals surface area (Å²) in [6, 6.07) is 14.7. The van der Waals surface area contributed by atoms with Crippen molar-refractivity contribution in [3.8, 4) is 17.2 Å². The Hall–Kier alpha value is -2.53. The summed E-state index contributed by atoms with van der Waals surface area (Å²) in [7, 11) is 0. The molecule has 0 aromatic heterocycles. The van der Waals surface area contributed by atoms with Crippen LogP contribution in [-0.2, 0) is 11.4 Å². The Kier molecular flexibility index (Phi) is 6.00. The monoisotopic (exact) mass is 316 g/mol. The van der Waals surface area contributed by atoms with Crippen LogP contribution in [0.4, 0.5) is 0 Å². The molecule has 122 valence electrons. The van der Waals surface area contributed by atoms with Gasteiger partial charge in [0.15, 0.2) is 11.5 Å². The van der Waals surface area contributed by atoms with Crippen LogP contribution in [0.2, 0.25) is 0 Å². The molecule has 1 atom stereocenters. The lowest BCUT2D eigenvalue weighted by Crippen LogP contribution is -2.14. The molecule has 0 spiro atoms. The van der Waals surface area contributed by atoms with Crippen molar-refractivity contribution in [2.24, 2.45) is 0 Å². The third-order valence-electron chi connectivity index (χ3n) is 2.90. The largest absolute Gasteiger partial charge is 0.489 e. The molecule has 2 rings (SSSR count). The van der Waals surface area contributed by atoms with Gasteiger partial charge in [-0.2, -0.15) is 0 Å². The lowest BCUT2D eigenvalue weighted by atomic mass is 10.2. The number of benzene rings is 2. The second-order valence-corrected chi connectivity index (χ2v) is 5.14.